The lowest BCUT2D eigenvalue weighted by Crippen LogP contribution is -2.38. The molecule has 2 aromatic carbocycles. The molecule has 4 nitrogen and oxygen atoms in total. The van der Waals surface area contributed by atoms with Gasteiger partial charge in [0.05, 0.1) is 12.8 Å². The van der Waals surface area contributed by atoms with Gasteiger partial charge in [-0.1, -0.05) is 23.8 Å². The van der Waals surface area contributed by atoms with Crippen molar-refractivity contribution in [3.05, 3.63) is 59.3 Å². The summed E-state index contributed by atoms with van der Waals surface area (Å²) in [5.74, 6) is 0.782. The molecule has 1 unspecified atom stereocenters. The number of aryl methyl sites for hydroxylation is 1. The number of aromatic amines is 1. The molecule has 128 valence electrons. The zero-order valence-electron chi connectivity index (χ0n) is 14.3. The van der Waals surface area contributed by atoms with Gasteiger partial charge in [-0.2, -0.15) is 0 Å². The highest BCUT2D eigenvalue weighted by molar-refractivity contribution is 7.80. The van der Waals surface area contributed by atoms with Gasteiger partial charge in [-0.05, 0) is 55.4 Å². The fraction of sp³-hybridized carbons (Fsp3) is 0.250. The molecule has 0 aliphatic heterocycles. The maximum absolute atomic E-state index is 5.49. The molecule has 3 aromatic rings. The van der Waals surface area contributed by atoms with Gasteiger partial charge in [-0.15, -0.1) is 0 Å². The number of thiocarbonyl (C=S) groups is 1. The first-order chi connectivity index (χ1) is 12.1. The third-order valence-corrected chi connectivity index (χ3v) is 4.96. The van der Waals surface area contributed by atoms with Crippen molar-refractivity contribution >= 4 is 33.9 Å². The molecule has 25 heavy (non-hydrogen) atoms. The highest BCUT2D eigenvalue weighted by atomic mass is 32.1. The number of aromatic nitrogens is 1. The smallest absolute Gasteiger partial charge is 0.171 e. The van der Waals surface area contributed by atoms with E-state index < -0.39 is 0 Å². The van der Waals surface area contributed by atoms with Crippen LogP contribution in [0.5, 0.6) is 5.75 Å². The summed E-state index contributed by atoms with van der Waals surface area (Å²) in [4.78, 5) is 3.55. The van der Waals surface area contributed by atoms with Crippen LogP contribution in [-0.2, 0) is 12.8 Å². The van der Waals surface area contributed by atoms with Gasteiger partial charge in [-0.3, -0.25) is 0 Å². The molecule has 3 N–H and O–H groups in total. The van der Waals surface area contributed by atoms with Crippen LogP contribution in [0.25, 0.3) is 10.9 Å². The van der Waals surface area contributed by atoms with E-state index in [9.17, 15) is 0 Å². The second kappa shape index (κ2) is 6.41. The van der Waals surface area contributed by atoms with Gasteiger partial charge in [0.15, 0.2) is 5.11 Å². The summed E-state index contributed by atoms with van der Waals surface area (Å²) >= 11 is 5.49. The fourth-order valence-corrected chi connectivity index (χ4v) is 3.86. The topological polar surface area (TPSA) is 49.1 Å². The molecule has 1 heterocycles. The molecule has 0 saturated heterocycles. The Balaban J connectivity index is 1.45. The number of fused-ring (bicyclic) bond motifs is 3. The van der Waals surface area contributed by atoms with Crippen molar-refractivity contribution in [1.82, 2.24) is 10.3 Å². The fourth-order valence-electron chi connectivity index (χ4n) is 3.58. The van der Waals surface area contributed by atoms with Crippen molar-refractivity contribution < 1.29 is 4.74 Å². The molecule has 0 radical (unpaired) electrons. The zero-order valence-corrected chi connectivity index (χ0v) is 15.2. The van der Waals surface area contributed by atoms with E-state index in [1.807, 2.05) is 24.3 Å². The first-order valence-electron chi connectivity index (χ1n) is 8.44. The van der Waals surface area contributed by atoms with Crippen molar-refractivity contribution in [3.8, 4) is 5.75 Å². The first kappa shape index (κ1) is 16.0. The lowest BCUT2D eigenvalue weighted by molar-refractivity contribution is 0.417. The minimum Gasteiger partial charge on any atom is -0.495 e. The lowest BCUT2D eigenvalue weighted by atomic mass is 10.1. The molecule has 0 fully saturated rings. The molecule has 1 aliphatic carbocycles. The number of hydrogen-bond acceptors (Lipinski definition) is 2. The predicted molar refractivity (Wildman–Crippen MR) is 107 cm³/mol. The van der Waals surface area contributed by atoms with Crippen LogP contribution in [0.3, 0.4) is 0 Å². The van der Waals surface area contributed by atoms with Gasteiger partial charge in [0, 0.05) is 29.1 Å². The van der Waals surface area contributed by atoms with Crippen LogP contribution in [0.2, 0.25) is 0 Å². The summed E-state index contributed by atoms with van der Waals surface area (Å²) in [5, 5.41) is 8.64. The Bertz CT molecular complexity index is 947. The van der Waals surface area contributed by atoms with Crippen LogP contribution in [0.1, 0.15) is 16.8 Å². The molecule has 5 heteroatoms. The van der Waals surface area contributed by atoms with Crippen LogP contribution in [-0.4, -0.2) is 23.2 Å². The number of nitrogens with one attached hydrogen (secondary N) is 3. The SMILES string of the molecule is COc1ccccc1NC(=S)NC1Cc2[nH]c3ccc(C)cc3c2C1. The molecule has 0 spiro atoms. The van der Waals surface area contributed by atoms with Crippen molar-refractivity contribution in [3.63, 3.8) is 0 Å². The third kappa shape index (κ3) is 3.07. The second-order valence-corrected chi connectivity index (χ2v) is 6.94. The van der Waals surface area contributed by atoms with Gasteiger partial charge in [0.1, 0.15) is 5.75 Å². The van der Waals surface area contributed by atoms with E-state index in [0.29, 0.717) is 11.2 Å². The molecular formula is C20H21N3OS. The Labute approximate surface area is 152 Å². The van der Waals surface area contributed by atoms with Crippen LogP contribution < -0.4 is 15.4 Å². The van der Waals surface area contributed by atoms with Gasteiger partial charge in [0.25, 0.3) is 0 Å². The number of hydrogen-bond donors (Lipinski definition) is 3. The molecule has 0 saturated carbocycles. The van der Waals surface area contributed by atoms with E-state index in [1.165, 1.54) is 27.7 Å². The summed E-state index contributed by atoms with van der Waals surface area (Å²) in [6.45, 7) is 2.13. The van der Waals surface area contributed by atoms with E-state index >= 15 is 0 Å². The summed E-state index contributed by atoms with van der Waals surface area (Å²) in [6, 6.07) is 14.7. The lowest BCUT2D eigenvalue weighted by Gasteiger charge is -2.17. The highest BCUT2D eigenvalue weighted by Gasteiger charge is 2.26. The van der Waals surface area contributed by atoms with Crippen LogP contribution in [0.15, 0.2) is 42.5 Å². The maximum atomic E-state index is 5.49. The quantitative estimate of drug-likeness (QED) is 0.626. The van der Waals surface area contributed by atoms with E-state index in [-0.39, 0.29) is 0 Å². The monoisotopic (exact) mass is 351 g/mol. The van der Waals surface area contributed by atoms with Gasteiger partial charge < -0.3 is 20.4 Å². The number of methoxy groups -OCH3 is 1. The van der Waals surface area contributed by atoms with Crippen molar-refractivity contribution in [1.29, 1.82) is 0 Å². The van der Waals surface area contributed by atoms with E-state index in [2.05, 4.69) is 40.7 Å². The second-order valence-electron chi connectivity index (χ2n) is 6.54. The molecule has 1 aromatic heterocycles. The summed E-state index contributed by atoms with van der Waals surface area (Å²) < 4.78 is 5.36. The Morgan fingerprint density at radius 1 is 1.20 bits per heavy atom. The number of para-hydroxylation sites is 2. The predicted octanol–water partition coefficient (Wildman–Crippen LogP) is 3.94. The Kier molecular flexibility index (Phi) is 4.09. The van der Waals surface area contributed by atoms with Crippen LogP contribution in [0, 0.1) is 6.92 Å². The van der Waals surface area contributed by atoms with Crippen molar-refractivity contribution in [2.24, 2.45) is 0 Å². The van der Waals surface area contributed by atoms with Crippen molar-refractivity contribution in [2.75, 3.05) is 12.4 Å². The Hall–Kier alpha value is -2.53. The van der Waals surface area contributed by atoms with Gasteiger partial charge >= 0.3 is 0 Å². The van der Waals surface area contributed by atoms with Crippen molar-refractivity contribution in [2.45, 2.75) is 25.8 Å². The molecular weight excluding hydrogens is 330 g/mol. The maximum Gasteiger partial charge on any atom is 0.171 e. The van der Waals surface area contributed by atoms with E-state index in [4.69, 9.17) is 17.0 Å². The van der Waals surface area contributed by atoms with Crippen LogP contribution in [0.4, 0.5) is 5.69 Å². The molecule has 0 amide bonds. The Morgan fingerprint density at radius 3 is 2.88 bits per heavy atom. The van der Waals surface area contributed by atoms with Gasteiger partial charge in [-0.25, -0.2) is 0 Å². The minimum atomic E-state index is 0.306. The number of benzene rings is 2. The third-order valence-electron chi connectivity index (χ3n) is 4.74. The largest absolute Gasteiger partial charge is 0.495 e. The summed E-state index contributed by atoms with van der Waals surface area (Å²) in [7, 11) is 1.66. The van der Waals surface area contributed by atoms with E-state index in [1.54, 1.807) is 7.11 Å². The van der Waals surface area contributed by atoms with E-state index in [0.717, 1.165) is 24.3 Å². The molecule has 1 atom stereocenters. The number of ether oxygens (including phenoxy) is 1. The number of H-pyrrole nitrogens is 1. The average molecular weight is 351 g/mol. The minimum absolute atomic E-state index is 0.306. The number of rotatable bonds is 3. The summed E-state index contributed by atoms with van der Waals surface area (Å²) in [6.07, 6.45) is 1.93. The Morgan fingerprint density at radius 2 is 2.04 bits per heavy atom. The average Bonchev–Trinajstić information content (AvgIpc) is 3.12. The zero-order chi connectivity index (χ0) is 17.4. The number of anilines is 1. The normalized spacial score (nSPS) is 15.8. The van der Waals surface area contributed by atoms with Crippen LogP contribution >= 0.6 is 12.2 Å². The summed E-state index contributed by atoms with van der Waals surface area (Å²) in [5.41, 5.74) is 6.12. The standard InChI is InChI=1S/C20H21N3OS/c1-12-7-8-16-14(9-12)15-10-13(11-18(15)22-16)21-20(25)23-17-5-3-4-6-19(17)24-2/h3-9,13,22H,10-11H2,1-2H3,(H2,21,23,25). The molecule has 1 aliphatic rings. The molecule has 0 bridgehead atoms. The molecule has 4 rings (SSSR count). The first-order valence-corrected chi connectivity index (χ1v) is 8.85. The highest BCUT2D eigenvalue weighted by Crippen LogP contribution is 2.31. The van der Waals surface area contributed by atoms with Gasteiger partial charge in [0.2, 0.25) is 0 Å².